The van der Waals surface area contributed by atoms with E-state index in [9.17, 15) is 0 Å². The Morgan fingerprint density at radius 1 is 0.453 bits per heavy atom. The molecule has 2 heterocycles. The quantitative estimate of drug-likeness (QED) is 0.170. The molecule has 1 N–H and O–H groups in total. The highest BCUT2D eigenvalue weighted by molar-refractivity contribution is 7.79. The average Bonchev–Trinajstić information content (AvgIpc) is 3.24. The van der Waals surface area contributed by atoms with Crippen LogP contribution in [0.3, 0.4) is 0 Å². The van der Waals surface area contributed by atoms with Crippen molar-refractivity contribution in [3.8, 4) is 67.4 Å². The van der Waals surface area contributed by atoms with Crippen LogP contribution < -0.4 is 0 Å². The molecule has 0 spiro atoms. The molecule has 0 unspecified atom stereocenters. The van der Waals surface area contributed by atoms with Gasteiger partial charge < -0.3 is 0 Å². The van der Waals surface area contributed by atoms with Gasteiger partial charge in [0.15, 0.2) is 5.82 Å². The number of nitrogens with one attached hydrogen (secondary N) is 1. The molecule has 0 saturated heterocycles. The van der Waals surface area contributed by atoms with Gasteiger partial charge in [-0.25, -0.2) is 19.3 Å². The number of hydrogen-bond donors (Lipinski definition) is 2. The van der Waals surface area contributed by atoms with Gasteiger partial charge in [-0.3, -0.25) is 5.41 Å². The van der Waals surface area contributed by atoms with Crippen LogP contribution >= 0.6 is 12.8 Å². The second-order valence-electron chi connectivity index (χ2n) is 12.9. The predicted octanol–water partition coefficient (Wildman–Crippen LogP) is 11.7. The van der Waals surface area contributed by atoms with E-state index in [1.54, 1.807) is 6.08 Å². The summed E-state index contributed by atoms with van der Waals surface area (Å²) in [6.45, 7) is 0. The van der Waals surface area contributed by atoms with Crippen LogP contribution in [0.25, 0.3) is 84.4 Å². The number of para-hydroxylation sites is 1. The van der Waals surface area contributed by atoms with Crippen LogP contribution in [-0.4, -0.2) is 26.4 Å². The van der Waals surface area contributed by atoms with Gasteiger partial charge in [-0.15, -0.1) is 0 Å². The maximum atomic E-state index is 8.51. The van der Waals surface area contributed by atoms with E-state index < -0.39 is 0 Å². The Kier molecular flexibility index (Phi) is 8.35. The van der Waals surface area contributed by atoms with Crippen molar-refractivity contribution in [1.29, 1.82) is 5.41 Å². The molecule has 53 heavy (non-hydrogen) atoms. The van der Waals surface area contributed by atoms with Gasteiger partial charge in [0, 0.05) is 38.8 Å². The zero-order chi connectivity index (χ0) is 35.7. The van der Waals surface area contributed by atoms with Crippen molar-refractivity contribution >= 4 is 41.2 Å². The minimum atomic E-state index is 0.324. The lowest BCUT2D eigenvalue weighted by atomic mass is 9.88. The summed E-state index contributed by atoms with van der Waals surface area (Å²) < 4.78 is 4.21. The van der Waals surface area contributed by atoms with Gasteiger partial charge in [0.2, 0.25) is 0 Å². The summed E-state index contributed by atoms with van der Waals surface area (Å²) in [7, 11) is 0. The summed E-state index contributed by atoms with van der Waals surface area (Å²) >= 11 is 4.24. The molecule has 0 atom stereocenters. The molecule has 9 rings (SSSR count). The van der Waals surface area contributed by atoms with E-state index in [1.165, 1.54) is 5.56 Å². The van der Waals surface area contributed by atoms with Crippen molar-refractivity contribution in [2.45, 2.75) is 0 Å². The Morgan fingerprint density at radius 2 is 0.925 bits per heavy atom. The molecular weight excluding hydrogens is 667 g/mol. The van der Waals surface area contributed by atoms with Crippen LogP contribution in [0, 0.1) is 5.41 Å². The summed E-state index contributed by atoms with van der Waals surface area (Å²) in [6.07, 6.45) is 3.71. The van der Waals surface area contributed by atoms with Crippen LogP contribution in [0.5, 0.6) is 0 Å². The molecule has 2 aromatic heterocycles. The van der Waals surface area contributed by atoms with Gasteiger partial charge in [0.25, 0.3) is 0 Å². The molecule has 1 aliphatic carbocycles. The monoisotopic (exact) mass is 697 g/mol. The third kappa shape index (κ3) is 6.15. The number of fused-ring (bicyclic) bond motifs is 3. The van der Waals surface area contributed by atoms with E-state index in [2.05, 4.69) is 145 Å². The first-order valence-corrected chi connectivity index (χ1v) is 17.8. The topological polar surface area (TPSA) is 74.9 Å². The van der Waals surface area contributed by atoms with E-state index in [0.29, 0.717) is 17.2 Å². The molecule has 8 aromatic rings. The molecule has 0 bridgehead atoms. The first-order chi connectivity index (χ1) is 26.1. The molecule has 6 aromatic carbocycles. The van der Waals surface area contributed by atoms with Crippen molar-refractivity contribution in [3.05, 3.63) is 181 Å². The fourth-order valence-electron chi connectivity index (χ4n) is 6.93. The molecule has 0 radical (unpaired) electrons. The van der Waals surface area contributed by atoms with Gasteiger partial charge in [0.05, 0.1) is 28.3 Å². The second-order valence-corrected chi connectivity index (χ2v) is 13.1. The normalized spacial score (nSPS) is 13.0. The molecule has 0 aliphatic heterocycles. The number of thiol groups is 1. The lowest BCUT2D eigenvalue weighted by Crippen LogP contribution is -2.18. The molecular formula is C47H31N5S. The number of rotatable bonds is 6. The number of allylic oxidation sites excluding steroid dienone is 1. The number of hydrogen-bond acceptors (Lipinski definition) is 6. The Bertz CT molecular complexity index is 2600. The second kappa shape index (κ2) is 13.8. The molecule has 0 saturated carbocycles. The number of aromatic nitrogens is 3. The Balaban J connectivity index is 1.13. The zero-order valence-electron chi connectivity index (χ0n) is 28.5. The molecule has 6 heteroatoms. The van der Waals surface area contributed by atoms with Crippen molar-refractivity contribution in [1.82, 2.24) is 15.0 Å². The average molecular weight is 698 g/mol. The SMILES string of the molecule is N=C1C=Cc2c(-c3ccc(-c4cc(-c5ccc(-c6ccccc6)cc5)nc(-c5ccc(-c6ccccc6)cc5)n4)cc3)nc3ccccc3c2/C1=N/S. The van der Waals surface area contributed by atoms with Gasteiger partial charge in [-0.05, 0) is 59.4 Å². The van der Waals surface area contributed by atoms with E-state index in [4.69, 9.17) is 20.4 Å². The maximum Gasteiger partial charge on any atom is 0.160 e. The smallest absolute Gasteiger partial charge is 0.160 e. The lowest BCUT2D eigenvalue weighted by Gasteiger charge is -2.19. The standard InChI is InChI=1S/C47H31N5S/c48-40-28-27-39-44(46(40)52-53)38-13-7-8-14-41(38)49-45(39)36-23-21-35(22-24-36)43-29-42(34-19-15-32(16-20-34)30-9-3-1-4-10-30)50-47(51-43)37-25-17-33(18-26-37)31-11-5-2-6-12-31/h1-29,48,53H/b48-40?,52-46+. The minimum absolute atomic E-state index is 0.324. The number of pyridine rings is 1. The molecule has 0 amide bonds. The summed E-state index contributed by atoms with van der Waals surface area (Å²) in [5, 5.41) is 9.45. The highest BCUT2D eigenvalue weighted by Crippen LogP contribution is 2.36. The van der Waals surface area contributed by atoms with Crippen LogP contribution in [0.1, 0.15) is 11.1 Å². The predicted molar refractivity (Wildman–Crippen MR) is 222 cm³/mol. The molecule has 1 aliphatic rings. The summed E-state index contributed by atoms with van der Waals surface area (Å²) in [4.78, 5) is 15.3. The largest absolute Gasteiger partial charge is 0.299 e. The number of benzene rings is 6. The fraction of sp³-hybridized carbons (Fsp3) is 0. The summed E-state index contributed by atoms with van der Waals surface area (Å²) in [5.74, 6) is 0.657. The summed E-state index contributed by atoms with van der Waals surface area (Å²) in [5.41, 5.74) is 14.5. The van der Waals surface area contributed by atoms with Crippen molar-refractivity contribution in [2.75, 3.05) is 0 Å². The summed E-state index contributed by atoms with van der Waals surface area (Å²) in [6, 6.07) is 56.1. The van der Waals surface area contributed by atoms with Crippen LogP contribution in [0.15, 0.2) is 174 Å². The Morgan fingerprint density at radius 3 is 1.49 bits per heavy atom. The van der Waals surface area contributed by atoms with Gasteiger partial charge in [0.1, 0.15) is 5.71 Å². The zero-order valence-corrected chi connectivity index (χ0v) is 29.4. The fourth-order valence-corrected chi connectivity index (χ4v) is 7.13. The van der Waals surface area contributed by atoms with E-state index in [1.807, 2.05) is 42.5 Å². The third-order valence-electron chi connectivity index (χ3n) is 9.66. The number of nitrogens with zero attached hydrogens (tertiary/aromatic N) is 4. The van der Waals surface area contributed by atoms with Crippen LogP contribution in [0.2, 0.25) is 0 Å². The van der Waals surface area contributed by atoms with Crippen LogP contribution in [0.4, 0.5) is 0 Å². The van der Waals surface area contributed by atoms with E-state index in [0.717, 1.165) is 78.1 Å². The third-order valence-corrected chi connectivity index (χ3v) is 9.86. The first-order valence-electron chi connectivity index (χ1n) is 17.4. The highest BCUT2D eigenvalue weighted by atomic mass is 32.1. The van der Waals surface area contributed by atoms with Gasteiger partial charge in [-0.2, -0.15) is 0 Å². The van der Waals surface area contributed by atoms with Crippen molar-refractivity contribution in [2.24, 2.45) is 4.40 Å². The van der Waals surface area contributed by atoms with Crippen LogP contribution in [-0.2, 0) is 0 Å². The van der Waals surface area contributed by atoms with Gasteiger partial charge in [-0.1, -0.05) is 152 Å². The van der Waals surface area contributed by atoms with Crippen molar-refractivity contribution < 1.29 is 0 Å². The molecule has 0 fully saturated rings. The lowest BCUT2D eigenvalue weighted by molar-refractivity contribution is 1.18. The maximum absolute atomic E-state index is 8.51. The minimum Gasteiger partial charge on any atom is -0.299 e. The molecule has 250 valence electrons. The Hall–Kier alpha value is -6.76. The van der Waals surface area contributed by atoms with Gasteiger partial charge >= 0.3 is 0 Å². The highest BCUT2D eigenvalue weighted by Gasteiger charge is 2.24. The van der Waals surface area contributed by atoms with Crippen molar-refractivity contribution in [3.63, 3.8) is 0 Å². The Labute approximate surface area is 313 Å². The first kappa shape index (κ1) is 32.2. The van der Waals surface area contributed by atoms with E-state index in [-0.39, 0.29) is 0 Å². The van der Waals surface area contributed by atoms with E-state index >= 15 is 0 Å². The molecule has 5 nitrogen and oxygen atoms in total.